The van der Waals surface area contributed by atoms with Gasteiger partial charge in [-0.1, -0.05) is 60.5 Å². The number of rotatable bonds is 10. The number of benzene rings is 2. The lowest BCUT2D eigenvalue weighted by Crippen LogP contribution is -2.36. The summed E-state index contributed by atoms with van der Waals surface area (Å²) in [7, 11) is 0. The van der Waals surface area contributed by atoms with E-state index in [1.54, 1.807) is 12.1 Å². The summed E-state index contributed by atoms with van der Waals surface area (Å²) in [6, 6.07) is 12.4. The molecule has 0 atom stereocenters. The number of hydrogen-bond acceptors (Lipinski definition) is 6. The van der Waals surface area contributed by atoms with Crippen molar-refractivity contribution in [3.8, 4) is 0 Å². The SMILES string of the molecule is CCc1c(Cc2cc(C)cc(C)c2)n(COCc2ccc(/C(O)=C/C(=O)C(=O)O)cc2)c(=O)[nH]c1=O. The van der Waals surface area contributed by atoms with Crippen LogP contribution in [-0.2, 0) is 40.5 Å². The van der Waals surface area contributed by atoms with Gasteiger partial charge in [-0.05, 0) is 31.4 Å². The summed E-state index contributed by atoms with van der Waals surface area (Å²) < 4.78 is 7.21. The molecule has 0 radical (unpaired) electrons. The van der Waals surface area contributed by atoms with E-state index in [0.717, 1.165) is 22.3 Å². The zero-order valence-corrected chi connectivity index (χ0v) is 20.3. The quantitative estimate of drug-likeness (QED) is 0.225. The summed E-state index contributed by atoms with van der Waals surface area (Å²) in [6.45, 7) is 5.91. The number of H-pyrrole nitrogens is 1. The molecule has 2 aromatic carbocycles. The lowest BCUT2D eigenvalue weighted by molar-refractivity contribution is -0.146. The second kappa shape index (κ2) is 11.5. The number of aliphatic hydroxyl groups excluding tert-OH is 1. The van der Waals surface area contributed by atoms with Gasteiger partial charge in [0, 0.05) is 29.3 Å². The molecule has 3 aromatic rings. The van der Waals surface area contributed by atoms with Gasteiger partial charge >= 0.3 is 11.7 Å². The van der Waals surface area contributed by atoms with Crippen LogP contribution in [0.15, 0.2) is 58.1 Å². The minimum Gasteiger partial charge on any atom is -0.507 e. The molecule has 0 bridgehead atoms. The van der Waals surface area contributed by atoms with Crippen LogP contribution < -0.4 is 11.2 Å². The average Bonchev–Trinajstić information content (AvgIpc) is 2.80. The summed E-state index contributed by atoms with van der Waals surface area (Å²) >= 11 is 0. The number of hydrogen-bond donors (Lipinski definition) is 3. The number of aromatic nitrogens is 2. The second-order valence-electron chi connectivity index (χ2n) is 8.51. The fourth-order valence-corrected chi connectivity index (χ4v) is 4.02. The first kappa shape index (κ1) is 26.4. The third-order valence-electron chi connectivity index (χ3n) is 5.64. The largest absolute Gasteiger partial charge is 0.507 e. The number of nitrogens with one attached hydrogen (secondary N) is 1. The lowest BCUT2D eigenvalue weighted by Gasteiger charge is -2.17. The maximum absolute atomic E-state index is 12.7. The van der Waals surface area contributed by atoms with E-state index in [-0.39, 0.29) is 18.9 Å². The molecule has 0 saturated heterocycles. The fourth-order valence-electron chi connectivity index (χ4n) is 4.02. The zero-order valence-electron chi connectivity index (χ0n) is 20.3. The van der Waals surface area contributed by atoms with Crippen LogP contribution in [0.2, 0.25) is 0 Å². The topological polar surface area (TPSA) is 139 Å². The molecule has 0 aliphatic carbocycles. The summed E-state index contributed by atoms with van der Waals surface area (Å²) in [4.78, 5) is 49.4. The fraction of sp³-hybridized carbons (Fsp3) is 0.259. The molecule has 0 saturated carbocycles. The maximum Gasteiger partial charge on any atom is 0.376 e. The summed E-state index contributed by atoms with van der Waals surface area (Å²) in [6.07, 6.45) is 1.50. The molecule has 0 amide bonds. The summed E-state index contributed by atoms with van der Waals surface area (Å²) in [5, 5.41) is 18.6. The Hall–Kier alpha value is -4.24. The van der Waals surface area contributed by atoms with Crippen molar-refractivity contribution in [2.24, 2.45) is 0 Å². The predicted octanol–water partition coefficient (Wildman–Crippen LogP) is 3.03. The van der Waals surface area contributed by atoms with Crippen molar-refractivity contribution in [1.29, 1.82) is 0 Å². The van der Waals surface area contributed by atoms with Gasteiger partial charge in [-0.2, -0.15) is 0 Å². The maximum atomic E-state index is 12.7. The van der Waals surface area contributed by atoms with Crippen LogP contribution in [0.25, 0.3) is 5.76 Å². The molecule has 0 unspecified atom stereocenters. The van der Waals surface area contributed by atoms with Gasteiger partial charge < -0.3 is 14.9 Å². The average molecular weight is 493 g/mol. The predicted molar refractivity (Wildman–Crippen MR) is 134 cm³/mol. The van der Waals surface area contributed by atoms with E-state index in [4.69, 9.17) is 9.84 Å². The van der Waals surface area contributed by atoms with Gasteiger partial charge in [0.2, 0.25) is 0 Å². The number of carboxylic acids is 1. The van der Waals surface area contributed by atoms with Crippen LogP contribution in [0.3, 0.4) is 0 Å². The number of aliphatic hydroxyl groups is 1. The van der Waals surface area contributed by atoms with E-state index in [0.29, 0.717) is 30.2 Å². The highest BCUT2D eigenvalue weighted by Gasteiger charge is 2.15. The van der Waals surface area contributed by atoms with Crippen LogP contribution in [0.1, 0.15) is 46.0 Å². The van der Waals surface area contributed by atoms with Crippen LogP contribution in [0, 0.1) is 13.8 Å². The normalized spacial score (nSPS) is 11.5. The number of ether oxygens (including phenoxy) is 1. The first-order chi connectivity index (χ1) is 17.1. The highest BCUT2D eigenvalue weighted by molar-refractivity contribution is 6.38. The Morgan fingerprint density at radius 1 is 1.00 bits per heavy atom. The Labute approximate surface area is 207 Å². The Morgan fingerprint density at radius 3 is 2.22 bits per heavy atom. The van der Waals surface area contributed by atoms with E-state index in [1.807, 2.05) is 32.9 Å². The van der Waals surface area contributed by atoms with Gasteiger partial charge in [0.05, 0.1) is 6.61 Å². The van der Waals surface area contributed by atoms with E-state index in [2.05, 4.69) is 11.1 Å². The first-order valence-corrected chi connectivity index (χ1v) is 11.4. The number of aliphatic carboxylic acids is 1. The summed E-state index contributed by atoms with van der Waals surface area (Å²) in [5.74, 6) is -3.35. The smallest absolute Gasteiger partial charge is 0.376 e. The van der Waals surface area contributed by atoms with Gasteiger partial charge in [0.25, 0.3) is 11.3 Å². The molecule has 36 heavy (non-hydrogen) atoms. The Balaban J connectivity index is 1.79. The molecular formula is C27H28N2O7. The number of ketones is 1. The van der Waals surface area contributed by atoms with Crippen molar-refractivity contribution in [3.63, 3.8) is 0 Å². The van der Waals surface area contributed by atoms with Crippen molar-refractivity contribution >= 4 is 17.5 Å². The highest BCUT2D eigenvalue weighted by Crippen LogP contribution is 2.16. The van der Waals surface area contributed by atoms with Gasteiger partial charge in [-0.3, -0.25) is 19.1 Å². The van der Waals surface area contributed by atoms with Gasteiger partial charge in [-0.15, -0.1) is 0 Å². The Morgan fingerprint density at radius 2 is 1.64 bits per heavy atom. The minimum absolute atomic E-state index is 0.0806. The molecule has 0 spiro atoms. The van der Waals surface area contributed by atoms with Crippen LogP contribution >= 0.6 is 0 Å². The van der Waals surface area contributed by atoms with Crippen molar-refractivity contribution in [2.75, 3.05) is 0 Å². The number of carbonyl (C=O) groups excluding carboxylic acids is 1. The number of nitrogens with zero attached hydrogens (tertiary/aromatic N) is 1. The second-order valence-corrected chi connectivity index (χ2v) is 8.51. The molecule has 188 valence electrons. The molecule has 9 heteroatoms. The third-order valence-corrected chi connectivity index (χ3v) is 5.64. The Kier molecular flexibility index (Phi) is 8.39. The number of aryl methyl sites for hydroxylation is 2. The van der Waals surface area contributed by atoms with E-state index in [9.17, 15) is 24.3 Å². The van der Waals surface area contributed by atoms with Gasteiger partial charge in [0.15, 0.2) is 0 Å². The minimum atomic E-state index is -1.66. The molecule has 9 nitrogen and oxygen atoms in total. The lowest BCUT2D eigenvalue weighted by atomic mass is 10.0. The van der Waals surface area contributed by atoms with E-state index < -0.39 is 28.8 Å². The number of carbonyl (C=O) groups is 2. The van der Waals surface area contributed by atoms with Crippen molar-refractivity contribution in [1.82, 2.24) is 9.55 Å². The molecule has 1 heterocycles. The number of carboxylic acid groups (broad SMARTS) is 1. The van der Waals surface area contributed by atoms with Gasteiger partial charge in [0.1, 0.15) is 12.5 Å². The molecule has 3 N–H and O–H groups in total. The first-order valence-electron chi connectivity index (χ1n) is 11.4. The van der Waals surface area contributed by atoms with E-state index >= 15 is 0 Å². The Bertz CT molecular complexity index is 1410. The monoisotopic (exact) mass is 492 g/mol. The molecule has 0 aliphatic rings. The van der Waals surface area contributed by atoms with Crippen molar-refractivity contribution < 1.29 is 24.5 Å². The zero-order chi connectivity index (χ0) is 26.4. The molecular weight excluding hydrogens is 464 g/mol. The number of aromatic amines is 1. The standard InChI is InChI=1S/C27H28N2O7/c1-4-21-22(12-19-10-16(2)9-17(3)11-19)29(27(35)28-25(21)32)15-36-14-18-5-7-20(8-6-18)23(30)13-24(31)26(33)34/h5-11,13,30H,4,12,14-15H2,1-3H3,(H,33,34)(H,28,32,35)/b23-13-. The molecule has 3 rings (SSSR count). The van der Waals surface area contributed by atoms with Gasteiger partial charge in [-0.25, -0.2) is 9.59 Å². The van der Waals surface area contributed by atoms with Crippen molar-refractivity contribution in [2.45, 2.75) is 47.0 Å². The van der Waals surface area contributed by atoms with E-state index in [1.165, 1.54) is 16.7 Å². The third kappa shape index (κ3) is 6.45. The molecule has 1 aromatic heterocycles. The van der Waals surface area contributed by atoms with Crippen molar-refractivity contribution in [3.05, 3.63) is 108 Å². The molecule has 0 fully saturated rings. The molecule has 0 aliphatic heterocycles. The summed E-state index contributed by atoms with van der Waals surface area (Å²) in [5.41, 5.74) is 4.35. The van der Waals surface area contributed by atoms with Crippen LogP contribution in [0.4, 0.5) is 0 Å². The highest BCUT2D eigenvalue weighted by atomic mass is 16.5. The van der Waals surface area contributed by atoms with Crippen LogP contribution in [0.5, 0.6) is 0 Å². The van der Waals surface area contributed by atoms with Crippen LogP contribution in [-0.4, -0.2) is 31.5 Å².